The number of hydrogen-bond acceptors (Lipinski definition) is 6. The molecular weight excluding hydrogens is 358 g/mol. The van der Waals surface area contributed by atoms with Gasteiger partial charge < -0.3 is 14.4 Å². The van der Waals surface area contributed by atoms with Gasteiger partial charge in [-0.2, -0.15) is 4.52 Å². The number of nitrogens with zero attached hydrogens (tertiary/aromatic N) is 5. The van der Waals surface area contributed by atoms with Crippen molar-refractivity contribution in [2.45, 2.75) is 19.8 Å². The van der Waals surface area contributed by atoms with Crippen LogP contribution in [0.2, 0.25) is 0 Å². The van der Waals surface area contributed by atoms with Crippen LogP contribution in [-0.4, -0.2) is 56.9 Å². The lowest BCUT2D eigenvalue weighted by Gasteiger charge is -2.32. The third-order valence-electron chi connectivity index (χ3n) is 4.86. The van der Waals surface area contributed by atoms with E-state index >= 15 is 0 Å². The summed E-state index contributed by atoms with van der Waals surface area (Å²) in [6.07, 6.45) is 3.52. The molecule has 0 radical (unpaired) electrons. The summed E-state index contributed by atoms with van der Waals surface area (Å²) >= 11 is 0. The normalized spacial score (nSPS) is 16.9. The Balaban J connectivity index is 1.27. The average molecular weight is 381 g/mol. The van der Waals surface area contributed by atoms with Crippen LogP contribution in [0.1, 0.15) is 18.4 Å². The Labute approximate surface area is 163 Å². The van der Waals surface area contributed by atoms with Gasteiger partial charge in [0.1, 0.15) is 12.1 Å². The van der Waals surface area contributed by atoms with E-state index < -0.39 is 0 Å². The SMILES string of the molecule is Cc1ccc(OC[C@H]2CCCN(C(=O)COc3ccc4nncn4n3)C2)cc1. The summed E-state index contributed by atoms with van der Waals surface area (Å²) in [6.45, 7) is 4.06. The van der Waals surface area contributed by atoms with Crippen molar-refractivity contribution in [1.82, 2.24) is 24.7 Å². The lowest BCUT2D eigenvalue weighted by atomic mass is 9.99. The van der Waals surface area contributed by atoms with Crippen molar-refractivity contribution in [1.29, 1.82) is 0 Å². The molecule has 146 valence electrons. The molecule has 1 fully saturated rings. The summed E-state index contributed by atoms with van der Waals surface area (Å²) in [5.41, 5.74) is 1.84. The van der Waals surface area contributed by atoms with Crippen LogP contribution in [0, 0.1) is 12.8 Å². The van der Waals surface area contributed by atoms with Crippen molar-refractivity contribution in [2.75, 3.05) is 26.3 Å². The molecule has 0 spiro atoms. The highest BCUT2D eigenvalue weighted by atomic mass is 16.5. The van der Waals surface area contributed by atoms with Crippen LogP contribution in [-0.2, 0) is 4.79 Å². The maximum absolute atomic E-state index is 12.5. The molecule has 8 heteroatoms. The van der Waals surface area contributed by atoms with Crippen molar-refractivity contribution in [2.24, 2.45) is 5.92 Å². The van der Waals surface area contributed by atoms with Gasteiger partial charge in [0.15, 0.2) is 12.3 Å². The first-order valence-electron chi connectivity index (χ1n) is 9.44. The summed E-state index contributed by atoms with van der Waals surface area (Å²) in [5, 5.41) is 11.9. The Morgan fingerprint density at radius 3 is 2.89 bits per heavy atom. The number of carbonyl (C=O) groups is 1. The molecule has 3 heterocycles. The third-order valence-corrected chi connectivity index (χ3v) is 4.86. The standard InChI is InChI=1S/C20H23N5O3/c1-15-4-6-17(7-5-15)27-12-16-3-2-10-24(11-16)20(26)13-28-19-9-8-18-22-21-14-25(18)23-19/h4-9,14,16H,2-3,10-13H2,1H3/t16-/m0/s1. The van der Waals surface area contributed by atoms with Crippen LogP contribution in [0.5, 0.6) is 11.6 Å². The third kappa shape index (κ3) is 4.39. The van der Waals surface area contributed by atoms with Crippen LogP contribution < -0.4 is 9.47 Å². The van der Waals surface area contributed by atoms with Gasteiger partial charge in [-0.1, -0.05) is 17.7 Å². The molecule has 1 amide bonds. The number of piperidine rings is 1. The number of fused-ring (bicyclic) bond motifs is 1. The van der Waals surface area contributed by atoms with Gasteiger partial charge in [-0.25, -0.2) is 0 Å². The van der Waals surface area contributed by atoms with E-state index in [1.54, 1.807) is 12.1 Å². The molecule has 1 saturated heterocycles. The van der Waals surface area contributed by atoms with E-state index in [9.17, 15) is 4.79 Å². The van der Waals surface area contributed by atoms with Crippen LogP contribution in [0.15, 0.2) is 42.7 Å². The molecular formula is C20H23N5O3. The van der Waals surface area contributed by atoms with Gasteiger partial charge in [0.2, 0.25) is 5.88 Å². The number of carbonyl (C=O) groups excluding carboxylic acids is 1. The van der Waals surface area contributed by atoms with Gasteiger partial charge in [-0.05, 0) is 38.0 Å². The van der Waals surface area contributed by atoms with E-state index in [2.05, 4.69) is 22.2 Å². The van der Waals surface area contributed by atoms with E-state index in [0.29, 0.717) is 30.6 Å². The molecule has 0 N–H and O–H groups in total. The van der Waals surface area contributed by atoms with Crippen molar-refractivity contribution in [3.05, 3.63) is 48.3 Å². The second-order valence-electron chi connectivity index (χ2n) is 7.07. The minimum absolute atomic E-state index is 0.0355. The van der Waals surface area contributed by atoms with Gasteiger partial charge >= 0.3 is 0 Å². The lowest BCUT2D eigenvalue weighted by Crippen LogP contribution is -2.43. The van der Waals surface area contributed by atoms with Crippen molar-refractivity contribution in [3.63, 3.8) is 0 Å². The topological polar surface area (TPSA) is 81.8 Å². The summed E-state index contributed by atoms with van der Waals surface area (Å²) in [7, 11) is 0. The molecule has 0 unspecified atom stereocenters. The van der Waals surface area contributed by atoms with Gasteiger partial charge in [0.25, 0.3) is 5.91 Å². The largest absolute Gasteiger partial charge is 0.493 e. The maximum atomic E-state index is 12.5. The number of rotatable bonds is 6. The molecule has 2 aromatic heterocycles. The van der Waals surface area contributed by atoms with Crippen molar-refractivity contribution in [3.8, 4) is 11.6 Å². The van der Waals surface area contributed by atoms with Gasteiger partial charge in [0.05, 0.1) is 6.61 Å². The predicted octanol–water partition coefficient (Wildman–Crippen LogP) is 2.13. The number of likely N-dealkylation sites (tertiary alicyclic amines) is 1. The average Bonchev–Trinajstić information content (AvgIpc) is 3.20. The van der Waals surface area contributed by atoms with Crippen LogP contribution in [0.3, 0.4) is 0 Å². The van der Waals surface area contributed by atoms with Crippen molar-refractivity contribution < 1.29 is 14.3 Å². The highest BCUT2D eigenvalue weighted by Gasteiger charge is 2.24. The summed E-state index contributed by atoms with van der Waals surface area (Å²) in [5.74, 6) is 1.53. The van der Waals surface area contributed by atoms with Gasteiger partial charge in [0, 0.05) is 25.1 Å². The fourth-order valence-electron chi connectivity index (χ4n) is 3.29. The van der Waals surface area contributed by atoms with Crippen LogP contribution in [0.25, 0.3) is 5.65 Å². The lowest BCUT2D eigenvalue weighted by molar-refractivity contribution is -0.135. The summed E-state index contributed by atoms with van der Waals surface area (Å²) in [6, 6.07) is 11.5. The molecule has 1 aliphatic heterocycles. The summed E-state index contributed by atoms with van der Waals surface area (Å²) in [4.78, 5) is 14.4. The molecule has 3 aromatic rings. The number of ether oxygens (including phenoxy) is 2. The second-order valence-corrected chi connectivity index (χ2v) is 7.07. The first-order valence-corrected chi connectivity index (χ1v) is 9.44. The number of amides is 1. The molecule has 1 atom stereocenters. The predicted molar refractivity (Wildman–Crippen MR) is 102 cm³/mol. The van der Waals surface area contributed by atoms with E-state index in [-0.39, 0.29) is 12.5 Å². The minimum atomic E-state index is -0.0364. The number of aromatic nitrogens is 4. The van der Waals surface area contributed by atoms with E-state index in [4.69, 9.17) is 9.47 Å². The smallest absolute Gasteiger partial charge is 0.260 e. The van der Waals surface area contributed by atoms with Gasteiger partial charge in [-0.15, -0.1) is 15.3 Å². The zero-order valence-corrected chi connectivity index (χ0v) is 15.8. The molecule has 1 aliphatic rings. The molecule has 4 rings (SSSR count). The Morgan fingerprint density at radius 2 is 2.04 bits per heavy atom. The molecule has 0 aliphatic carbocycles. The van der Waals surface area contributed by atoms with E-state index in [1.807, 2.05) is 29.2 Å². The fourth-order valence-corrected chi connectivity index (χ4v) is 3.29. The quantitative estimate of drug-likeness (QED) is 0.651. The number of hydrogen-bond donors (Lipinski definition) is 0. The van der Waals surface area contributed by atoms with E-state index in [0.717, 1.165) is 25.1 Å². The summed E-state index contributed by atoms with van der Waals surface area (Å²) < 4.78 is 13.0. The molecule has 0 bridgehead atoms. The Hall–Kier alpha value is -3.16. The Kier molecular flexibility index (Phi) is 5.36. The van der Waals surface area contributed by atoms with Gasteiger partial charge in [-0.3, -0.25) is 4.79 Å². The molecule has 28 heavy (non-hydrogen) atoms. The highest BCUT2D eigenvalue weighted by molar-refractivity contribution is 5.77. The van der Waals surface area contributed by atoms with E-state index in [1.165, 1.54) is 16.4 Å². The first kappa shape index (κ1) is 18.2. The highest BCUT2D eigenvalue weighted by Crippen LogP contribution is 2.19. The van der Waals surface area contributed by atoms with Crippen LogP contribution >= 0.6 is 0 Å². The van der Waals surface area contributed by atoms with Crippen LogP contribution in [0.4, 0.5) is 0 Å². The minimum Gasteiger partial charge on any atom is -0.493 e. The zero-order valence-electron chi connectivity index (χ0n) is 15.8. The number of benzene rings is 1. The second kappa shape index (κ2) is 8.24. The maximum Gasteiger partial charge on any atom is 0.260 e. The fraction of sp³-hybridized carbons (Fsp3) is 0.400. The number of aryl methyl sites for hydroxylation is 1. The monoisotopic (exact) mass is 381 g/mol. The first-order chi connectivity index (χ1) is 13.7. The molecule has 1 aromatic carbocycles. The zero-order chi connectivity index (χ0) is 19.3. The Bertz CT molecular complexity index is 940. The Morgan fingerprint density at radius 1 is 1.18 bits per heavy atom. The molecule has 8 nitrogen and oxygen atoms in total. The molecule has 0 saturated carbocycles. The van der Waals surface area contributed by atoms with Crippen molar-refractivity contribution >= 4 is 11.6 Å².